The van der Waals surface area contributed by atoms with Crippen LogP contribution in [0.5, 0.6) is 5.75 Å². The van der Waals surface area contributed by atoms with Gasteiger partial charge in [-0.15, -0.1) is 0 Å². The van der Waals surface area contributed by atoms with Gasteiger partial charge in [0.1, 0.15) is 29.6 Å². The number of fused-ring (bicyclic) bond motifs is 7. The number of nitrogens with zero attached hydrogens (tertiary/aromatic N) is 4. The van der Waals surface area contributed by atoms with Crippen LogP contribution in [0.2, 0.25) is 0 Å². The van der Waals surface area contributed by atoms with Crippen LogP contribution in [0.25, 0.3) is 33.6 Å². The number of aliphatic hydroxyl groups excluding tert-OH is 2. The van der Waals surface area contributed by atoms with Gasteiger partial charge in [-0.05, 0) is 65.6 Å². The highest BCUT2D eigenvalue weighted by molar-refractivity contribution is 5.82. The molecule has 2 saturated heterocycles. The number of rotatable bonds is 9. The average Bonchev–Trinajstić information content (AvgIpc) is 4.17. The van der Waals surface area contributed by atoms with E-state index in [9.17, 15) is 19.8 Å². The molecule has 332 valence electrons. The van der Waals surface area contributed by atoms with E-state index in [4.69, 9.17) is 19.4 Å². The Hall–Kier alpha value is -6.08. The van der Waals surface area contributed by atoms with Crippen molar-refractivity contribution in [2.24, 2.45) is 0 Å². The van der Waals surface area contributed by atoms with Crippen LogP contribution >= 0.6 is 0 Å². The summed E-state index contributed by atoms with van der Waals surface area (Å²) in [5.74, 6) is 1.54. The zero-order valence-electron chi connectivity index (χ0n) is 36.3. The molecule has 2 aromatic heterocycles. The fourth-order valence-electron chi connectivity index (χ4n) is 9.49. The van der Waals surface area contributed by atoms with Crippen LogP contribution in [0.15, 0.2) is 116 Å². The lowest BCUT2D eigenvalue weighted by Crippen LogP contribution is -2.40. The Labute approximate surface area is 374 Å². The van der Waals surface area contributed by atoms with Crippen molar-refractivity contribution < 1.29 is 29.3 Å². The molecule has 0 radical (unpaired) electrons. The van der Waals surface area contributed by atoms with E-state index in [2.05, 4.69) is 52.4 Å². The molecule has 5 atom stereocenters. The van der Waals surface area contributed by atoms with Gasteiger partial charge in [0.2, 0.25) is 0 Å². The highest BCUT2D eigenvalue weighted by atomic mass is 16.5. The standard InChI is InChI=1S/C52H58N6O6/c59-46(28-35-14-7-5-8-15-35)51(61)57-25-13-18-44(57)49-53-32-42(55-49)38-21-19-37(20-22-38)39-23-24-41-43-33-54-50(56-43)45-31-40(63-26-11-3-1-2-4-12-27-64-48(41)30-39)34-58(45)52(62)47(60)29-36-16-9-6-10-17-36/h5-10,14-17,19-24,30,32-33,40,44-47,59-60H,1-4,11-13,18,25-29,31,34H2,(H,53,55)(H,54,56)/t40-,44-,45-,46+,47+/m0/s1. The molecule has 5 heterocycles. The summed E-state index contributed by atoms with van der Waals surface area (Å²) >= 11 is 0. The van der Waals surface area contributed by atoms with Gasteiger partial charge in [0.25, 0.3) is 11.8 Å². The molecule has 4 N–H and O–H groups in total. The number of benzene rings is 4. The summed E-state index contributed by atoms with van der Waals surface area (Å²) in [7, 11) is 0. The first-order valence-corrected chi connectivity index (χ1v) is 23.0. The van der Waals surface area contributed by atoms with Crippen LogP contribution in [0.4, 0.5) is 0 Å². The second-order valence-corrected chi connectivity index (χ2v) is 17.5. The number of aromatic amines is 2. The number of aromatic nitrogens is 4. The van der Waals surface area contributed by atoms with Crippen molar-refractivity contribution in [3.8, 4) is 39.4 Å². The van der Waals surface area contributed by atoms with Gasteiger partial charge in [-0.3, -0.25) is 9.59 Å². The number of hydrogen-bond donors (Lipinski definition) is 4. The fraction of sp³-hybridized carbons (Fsp3) is 0.385. The lowest BCUT2D eigenvalue weighted by molar-refractivity contribution is -0.142. The number of ether oxygens (including phenoxy) is 2. The smallest absolute Gasteiger partial charge is 0.252 e. The van der Waals surface area contributed by atoms with E-state index < -0.39 is 12.2 Å². The van der Waals surface area contributed by atoms with Gasteiger partial charge in [0.05, 0.1) is 48.6 Å². The molecule has 3 aliphatic heterocycles. The Morgan fingerprint density at radius 3 is 1.92 bits per heavy atom. The maximum Gasteiger partial charge on any atom is 0.252 e. The molecule has 12 nitrogen and oxygen atoms in total. The monoisotopic (exact) mass is 862 g/mol. The van der Waals surface area contributed by atoms with Crippen LogP contribution in [-0.4, -0.2) is 96.4 Å². The summed E-state index contributed by atoms with van der Waals surface area (Å²) < 4.78 is 12.9. The Bertz CT molecular complexity index is 2470. The topological polar surface area (TPSA) is 157 Å². The quantitative estimate of drug-likeness (QED) is 0.113. The fourth-order valence-corrected chi connectivity index (χ4v) is 9.49. The van der Waals surface area contributed by atoms with Gasteiger partial charge in [0.15, 0.2) is 0 Å². The molecule has 0 saturated carbocycles. The van der Waals surface area contributed by atoms with Crippen molar-refractivity contribution in [1.29, 1.82) is 0 Å². The van der Waals surface area contributed by atoms with E-state index in [0.29, 0.717) is 38.5 Å². The highest BCUT2D eigenvalue weighted by Gasteiger charge is 2.41. The van der Waals surface area contributed by atoms with Gasteiger partial charge in [0, 0.05) is 44.5 Å². The number of carbonyl (C=O) groups is 2. The Morgan fingerprint density at radius 1 is 0.641 bits per heavy atom. The summed E-state index contributed by atoms with van der Waals surface area (Å²) in [5, 5.41) is 22.0. The van der Waals surface area contributed by atoms with E-state index in [1.807, 2.05) is 73.1 Å². The molecular formula is C52H58N6O6. The molecule has 4 aromatic carbocycles. The summed E-state index contributed by atoms with van der Waals surface area (Å²) in [6.45, 7) is 2.22. The van der Waals surface area contributed by atoms with Crippen molar-refractivity contribution >= 4 is 11.8 Å². The number of H-pyrrole nitrogens is 2. The van der Waals surface area contributed by atoms with Crippen LogP contribution in [-0.2, 0) is 27.2 Å². The minimum absolute atomic E-state index is 0.149. The molecular weight excluding hydrogens is 805 g/mol. The predicted octanol–water partition coefficient (Wildman–Crippen LogP) is 8.40. The molecule has 2 amide bonds. The predicted molar refractivity (Wildman–Crippen MR) is 245 cm³/mol. The van der Waals surface area contributed by atoms with Crippen LogP contribution in [0.1, 0.15) is 92.6 Å². The summed E-state index contributed by atoms with van der Waals surface area (Å²) in [5.41, 5.74) is 7.36. The largest absolute Gasteiger partial charge is 0.493 e. The van der Waals surface area contributed by atoms with Gasteiger partial charge in [-0.1, -0.05) is 117 Å². The third-order valence-corrected chi connectivity index (χ3v) is 13.0. The number of carbonyl (C=O) groups excluding carboxylic acids is 2. The summed E-state index contributed by atoms with van der Waals surface area (Å²) in [6.07, 6.45) is 10.3. The van der Waals surface area contributed by atoms with Crippen LogP contribution in [0.3, 0.4) is 0 Å². The molecule has 2 fully saturated rings. The van der Waals surface area contributed by atoms with Crippen molar-refractivity contribution in [3.05, 3.63) is 138 Å². The van der Waals surface area contributed by atoms with E-state index in [1.54, 1.807) is 9.80 Å². The van der Waals surface area contributed by atoms with Crippen LogP contribution in [0, 0.1) is 0 Å². The molecule has 3 aliphatic rings. The van der Waals surface area contributed by atoms with Crippen molar-refractivity contribution in [1.82, 2.24) is 29.7 Å². The number of imidazole rings is 2. The summed E-state index contributed by atoms with van der Waals surface area (Å²) in [4.78, 5) is 47.3. The van der Waals surface area contributed by atoms with E-state index in [-0.39, 0.29) is 42.8 Å². The average molecular weight is 863 g/mol. The summed E-state index contributed by atoms with van der Waals surface area (Å²) in [6, 6.07) is 33.2. The maximum atomic E-state index is 13.9. The third kappa shape index (κ3) is 9.99. The first-order valence-electron chi connectivity index (χ1n) is 23.0. The van der Waals surface area contributed by atoms with E-state index >= 15 is 0 Å². The van der Waals surface area contributed by atoms with Gasteiger partial charge in [-0.2, -0.15) is 0 Å². The van der Waals surface area contributed by atoms with Crippen molar-refractivity contribution in [2.75, 3.05) is 26.3 Å². The molecule has 9 rings (SSSR count). The number of hydrogen-bond acceptors (Lipinski definition) is 8. The SMILES string of the molecule is O=C([C@H](O)Cc1ccccc1)N1CCC[C@H]1c1ncc(-c2ccc(-c3ccc4c(c3)OCCCCCCCCO[C@H]3C[C@@H](c5ncc-4[nH]5)N(C(=O)[C@H](O)Cc4ccccc4)C3)cc2)[nH]1. The van der Waals surface area contributed by atoms with Crippen molar-refractivity contribution in [3.63, 3.8) is 0 Å². The molecule has 4 bridgehead atoms. The third-order valence-electron chi connectivity index (χ3n) is 13.0. The van der Waals surface area contributed by atoms with Crippen molar-refractivity contribution in [2.45, 2.75) is 101 Å². The second-order valence-electron chi connectivity index (χ2n) is 17.5. The highest BCUT2D eigenvalue weighted by Crippen LogP contribution is 2.39. The number of aliphatic hydroxyl groups is 2. The lowest BCUT2D eigenvalue weighted by atomic mass is 10.00. The number of amides is 2. The Morgan fingerprint density at radius 2 is 1.22 bits per heavy atom. The van der Waals surface area contributed by atoms with Gasteiger partial charge < -0.3 is 39.5 Å². The Kier molecular flexibility index (Phi) is 13.6. The first-order chi connectivity index (χ1) is 31.4. The Balaban J connectivity index is 0.923. The van der Waals surface area contributed by atoms with E-state index in [0.717, 1.165) is 108 Å². The minimum atomic E-state index is -1.18. The van der Waals surface area contributed by atoms with Gasteiger partial charge >= 0.3 is 0 Å². The lowest BCUT2D eigenvalue weighted by Gasteiger charge is -2.25. The molecule has 0 spiro atoms. The zero-order chi connectivity index (χ0) is 43.8. The normalized spacial score (nSPS) is 20.4. The molecule has 64 heavy (non-hydrogen) atoms. The zero-order valence-corrected chi connectivity index (χ0v) is 36.3. The number of likely N-dealkylation sites (tertiary alicyclic amines) is 2. The maximum absolute atomic E-state index is 13.9. The second kappa shape index (κ2) is 20.2. The molecule has 0 aliphatic carbocycles. The van der Waals surface area contributed by atoms with Crippen LogP contribution < -0.4 is 4.74 Å². The first kappa shape index (κ1) is 43.2. The molecule has 0 unspecified atom stereocenters. The molecule has 12 heteroatoms. The van der Waals surface area contributed by atoms with Gasteiger partial charge in [-0.25, -0.2) is 9.97 Å². The minimum Gasteiger partial charge on any atom is -0.493 e. The molecule has 6 aromatic rings. The van der Waals surface area contributed by atoms with E-state index in [1.165, 1.54) is 0 Å². The number of nitrogens with one attached hydrogen (secondary N) is 2.